The first-order valence-electron chi connectivity index (χ1n) is 16.1. The molecule has 10 nitrogen and oxygen atoms in total. The van der Waals surface area contributed by atoms with Crippen molar-refractivity contribution in [3.63, 3.8) is 0 Å². The summed E-state index contributed by atoms with van der Waals surface area (Å²) in [6, 6.07) is 8.66. The number of fused-ring (bicyclic) bond motifs is 2. The van der Waals surface area contributed by atoms with Crippen molar-refractivity contribution in [2.75, 3.05) is 45.1 Å². The van der Waals surface area contributed by atoms with E-state index in [4.69, 9.17) is 9.47 Å². The maximum atomic E-state index is 13.8. The molecule has 9 bridgehead atoms. The third-order valence-corrected chi connectivity index (χ3v) is 11.4. The van der Waals surface area contributed by atoms with Crippen LogP contribution in [0.15, 0.2) is 41.4 Å². The zero-order chi connectivity index (χ0) is 33.4. The van der Waals surface area contributed by atoms with Crippen LogP contribution in [-0.4, -0.2) is 92.1 Å². The van der Waals surface area contributed by atoms with Crippen molar-refractivity contribution < 1.29 is 40.7 Å². The molecular weight excluding hydrogens is 637 g/mol. The van der Waals surface area contributed by atoms with E-state index in [1.807, 2.05) is 13.0 Å². The van der Waals surface area contributed by atoms with Crippen molar-refractivity contribution >= 4 is 27.7 Å². The Morgan fingerprint density at radius 3 is 2.49 bits per heavy atom. The summed E-state index contributed by atoms with van der Waals surface area (Å²) in [6.45, 7) is 3.73. The average Bonchev–Trinajstić information content (AvgIpc) is 3.63. The molecule has 1 atom stereocenters. The number of nitrogens with zero attached hydrogens (tertiary/aromatic N) is 3. The minimum absolute atomic E-state index is 0.0136. The molecule has 8 rings (SSSR count). The van der Waals surface area contributed by atoms with Gasteiger partial charge in [0.25, 0.3) is 11.8 Å². The van der Waals surface area contributed by atoms with E-state index in [2.05, 4.69) is 10.3 Å². The Bertz CT molecular complexity index is 1670. The fourth-order valence-corrected chi connectivity index (χ4v) is 8.11. The number of carbonyl (C=O) groups excluding carboxylic acids is 2. The molecule has 2 amide bonds. The second-order valence-electron chi connectivity index (χ2n) is 12.7. The van der Waals surface area contributed by atoms with Gasteiger partial charge >= 0.3 is 6.18 Å². The topological polar surface area (TPSA) is 118 Å². The van der Waals surface area contributed by atoms with Gasteiger partial charge < -0.3 is 19.7 Å². The number of hydrogen-bond acceptors (Lipinski definition) is 7. The van der Waals surface area contributed by atoms with E-state index in [1.165, 1.54) is 10.4 Å². The molecule has 0 saturated carbocycles. The molecule has 6 aliphatic heterocycles. The first kappa shape index (κ1) is 33.4. The summed E-state index contributed by atoms with van der Waals surface area (Å²) in [4.78, 5) is 32.7. The number of aryl methyl sites for hydroxylation is 2. The van der Waals surface area contributed by atoms with E-state index in [9.17, 15) is 31.2 Å². The molecule has 0 aromatic heterocycles. The Morgan fingerprint density at radius 1 is 0.979 bits per heavy atom. The van der Waals surface area contributed by atoms with E-state index < -0.39 is 33.2 Å². The van der Waals surface area contributed by atoms with Gasteiger partial charge in [0.15, 0.2) is 0 Å². The first-order valence-corrected chi connectivity index (χ1v) is 17.7. The molecule has 0 unspecified atom stereocenters. The van der Waals surface area contributed by atoms with Crippen LogP contribution >= 0.6 is 0 Å². The van der Waals surface area contributed by atoms with Gasteiger partial charge in [-0.15, -0.1) is 0 Å². The van der Waals surface area contributed by atoms with Crippen molar-refractivity contribution in [3.05, 3.63) is 64.2 Å². The number of halogens is 3. The van der Waals surface area contributed by atoms with Gasteiger partial charge in [0.2, 0.25) is 10.0 Å². The number of amidine groups is 1. The van der Waals surface area contributed by atoms with E-state index in [1.54, 1.807) is 17.0 Å². The highest BCUT2D eigenvalue weighted by Crippen LogP contribution is 2.36. The summed E-state index contributed by atoms with van der Waals surface area (Å²) in [6.07, 6.45) is -1.47. The number of carbonyl (C=O) groups is 2. The Balaban J connectivity index is 1.24. The number of nitrogens with one attached hydrogen (secondary N) is 1. The number of hydrogen-bond donors (Lipinski definition) is 1. The zero-order valence-corrected chi connectivity index (χ0v) is 27.1. The van der Waals surface area contributed by atoms with E-state index in [-0.39, 0.29) is 73.9 Å². The summed E-state index contributed by atoms with van der Waals surface area (Å²) in [5.41, 5.74) is 0.0976. The van der Waals surface area contributed by atoms with Gasteiger partial charge in [0.05, 0.1) is 24.0 Å². The van der Waals surface area contributed by atoms with Crippen LogP contribution in [0.1, 0.15) is 71.1 Å². The molecule has 254 valence electrons. The van der Waals surface area contributed by atoms with Crippen LogP contribution in [0.5, 0.6) is 5.75 Å². The third-order valence-electron chi connectivity index (χ3n) is 9.49. The highest BCUT2D eigenvalue weighted by atomic mass is 32.2. The van der Waals surface area contributed by atoms with Gasteiger partial charge in [-0.05, 0) is 93.3 Å². The molecule has 14 heteroatoms. The van der Waals surface area contributed by atoms with Crippen LogP contribution in [-0.2, 0) is 32.2 Å². The standard InChI is InChI=1S/C33H39F3N4O6S/c1-22-17-24-6-5-23(22)8-16-47(43,44)40-12-9-32(10-13-40)31(42)37-29(38-32)25-18-26(33(34,35)36)20-28(19-25)46-15-4-2-3-14-45-27-7-11-39(21-27)30(24)41/h5-6,17-20,27H,2-4,7-16,21H2,1H3,(H,37,38,42)/t27-/m1/s1. The molecular formula is C33H39F3N4O6S. The quantitative estimate of drug-likeness (QED) is 0.450. The Hall–Kier alpha value is -3.49. The van der Waals surface area contributed by atoms with Gasteiger partial charge in [0.1, 0.15) is 17.1 Å². The van der Waals surface area contributed by atoms with Crippen LogP contribution in [0.25, 0.3) is 0 Å². The van der Waals surface area contributed by atoms with Crippen molar-refractivity contribution in [1.29, 1.82) is 0 Å². The summed E-state index contributed by atoms with van der Waals surface area (Å²) >= 11 is 0. The van der Waals surface area contributed by atoms with Crippen LogP contribution in [0, 0.1) is 6.92 Å². The monoisotopic (exact) mass is 676 g/mol. The molecule has 2 aromatic carbocycles. The number of sulfonamides is 1. The SMILES string of the molecule is Cc1cc2ccc1CCS(=O)(=O)N1CCC3(CC1)N=C(NC3=O)c1cc(cc(C(F)(F)F)c1)OCCCCCO[C@@H]1CCN(C1)C2=O. The Morgan fingerprint density at radius 2 is 1.74 bits per heavy atom. The molecule has 47 heavy (non-hydrogen) atoms. The van der Waals surface area contributed by atoms with Crippen LogP contribution in [0.3, 0.4) is 0 Å². The lowest BCUT2D eigenvalue weighted by Crippen LogP contribution is -2.50. The highest BCUT2D eigenvalue weighted by molar-refractivity contribution is 7.89. The predicted octanol–water partition coefficient (Wildman–Crippen LogP) is 4.09. The average molecular weight is 677 g/mol. The maximum Gasteiger partial charge on any atom is 0.416 e. The third kappa shape index (κ3) is 7.34. The molecule has 6 heterocycles. The van der Waals surface area contributed by atoms with Gasteiger partial charge in [-0.1, -0.05) is 6.07 Å². The molecule has 0 radical (unpaired) electrons. The van der Waals surface area contributed by atoms with Crippen LogP contribution in [0.4, 0.5) is 13.2 Å². The second kappa shape index (κ2) is 13.2. The smallest absolute Gasteiger partial charge is 0.416 e. The summed E-state index contributed by atoms with van der Waals surface area (Å²) in [5, 5.41) is 2.65. The number of alkyl halides is 3. The number of piperidine rings is 1. The van der Waals surface area contributed by atoms with Crippen molar-refractivity contribution in [2.45, 2.75) is 69.7 Å². The summed E-state index contributed by atoms with van der Waals surface area (Å²) in [7, 11) is -3.69. The normalized spacial score (nSPS) is 27.2. The minimum Gasteiger partial charge on any atom is -0.494 e. The zero-order valence-electron chi connectivity index (χ0n) is 26.3. The number of ether oxygens (including phenoxy) is 2. The largest absolute Gasteiger partial charge is 0.494 e. The second-order valence-corrected chi connectivity index (χ2v) is 14.8. The molecule has 2 aromatic rings. The molecule has 2 saturated heterocycles. The van der Waals surface area contributed by atoms with E-state index >= 15 is 0 Å². The van der Waals surface area contributed by atoms with Crippen LogP contribution in [0.2, 0.25) is 0 Å². The lowest BCUT2D eigenvalue weighted by molar-refractivity contribution is -0.137. The number of amides is 2. The van der Waals surface area contributed by atoms with Gasteiger partial charge in [-0.3, -0.25) is 14.6 Å². The first-order chi connectivity index (χ1) is 22.3. The van der Waals surface area contributed by atoms with Crippen molar-refractivity contribution in [3.8, 4) is 5.75 Å². The fourth-order valence-electron chi connectivity index (χ4n) is 6.64. The number of rotatable bonds is 0. The summed E-state index contributed by atoms with van der Waals surface area (Å²) < 4.78 is 81.2. The van der Waals surface area contributed by atoms with Gasteiger partial charge in [0, 0.05) is 43.9 Å². The van der Waals surface area contributed by atoms with Gasteiger partial charge in [-0.25, -0.2) is 12.7 Å². The minimum atomic E-state index is -4.65. The predicted molar refractivity (Wildman–Crippen MR) is 168 cm³/mol. The molecule has 0 aliphatic carbocycles. The van der Waals surface area contributed by atoms with E-state index in [0.29, 0.717) is 31.7 Å². The molecule has 1 spiro atoms. The van der Waals surface area contributed by atoms with E-state index in [0.717, 1.165) is 42.5 Å². The lowest BCUT2D eigenvalue weighted by Gasteiger charge is -2.34. The van der Waals surface area contributed by atoms with Crippen molar-refractivity contribution in [1.82, 2.24) is 14.5 Å². The van der Waals surface area contributed by atoms with Crippen LogP contribution < -0.4 is 10.1 Å². The maximum absolute atomic E-state index is 13.8. The molecule has 2 fully saturated rings. The lowest BCUT2D eigenvalue weighted by atomic mass is 9.89. The molecule has 6 aliphatic rings. The number of aliphatic imine (C=N–C) groups is 1. The number of benzene rings is 2. The Kier molecular flexibility index (Phi) is 9.38. The van der Waals surface area contributed by atoms with Gasteiger partial charge in [-0.2, -0.15) is 13.2 Å². The Labute approximate surface area is 272 Å². The highest BCUT2D eigenvalue weighted by Gasteiger charge is 2.48. The fraction of sp³-hybridized carbons (Fsp3) is 0.545. The summed E-state index contributed by atoms with van der Waals surface area (Å²) in [5.74, 6) is -0.668. The van der Waals surface area contributed by atoms with Crippen molar-refractivity contribution in [2.24, 2.45) is 4.99 Å². The molecule has 1 N–H and O–H groups in total.